The lowest BCUT2D eigenvalue weighted by atomic mass is 10.3. The minimum Gasteiger partial charge on any atom is -0.489 e. The molecular weight excluding hydrogens is 266 g/mol. The van der Waals surface area contributed by atoms with Gasteiger partial charge in [-0.2, -0.15) is 0 Å². The highest BCUT2D eigenvalue weighted by Crippen LogP contribution is 2.21. The molecule has 4 nitrogen and oxygen atoms in total. The van der Waals surface area contributed by atoms with Crippen LogP contribution in [0.3, 0.4) is 0 Å². The molecule has 19 heavy (non-hydrogen) atoms. The smallest absolute Gasteiger partial charge is 0.169 e. The SMILES string of the molecule is COC(CN1CC[C@@H](Oc2cccc(Cl)c2)C1)OC. The molecule has 0 N–H and O–H groups in total. The number of methoxy groups -OCH3 is 2. The molecule has 0 saturated carbocycles. The molecule has 5 heteroatoms. The van der Waals surface area contributed by atoms with E-state index in [0.717, 1.165) is 31.8 Å². The number of benzene rings is 1. The third kappa shape index (κ3) is 4.35. The van der Waals surface area contributed by atoms with Crippen LogP contribution in [0.2, 0.25) is 5.02 Å². The second-order valence-electron chi connectivity index (χ2n) is 4.65. The van der Waals surface area contributed by atoms with Gasteiger partial charge >= 0.3 is 0 Å². The molecule has 1 aromatic rings. The van der Waals surface area contributed by atoms with Crippen molar-refractivity contribution in [2.75, 3.05) is 33.9 Å². The largest absolute Gasteiger partial charge is 0.489 e. The molecule has 1 atom stereocenters. The van der Waals surface area contributed by atoms with Gasteiger partial charge in [-0.1, -0.05) is 17.7 Å². The molecule has 1 fully saturated rings. The first-order valence-electron chi connectivity index (χ1n) is 6.41. The van der Waals surface area contributed by atoms with E-state index in [9.17, 15) is 0 Å². The number of nitrogens with zero attached hydrogens (tertiary/aromatic N) is 1. The van der Waals surface area contributed by atoms with Crippen molar-refractivity contribution in [1.29, 1.82) is 0 Å². The number of rotatable bonds is 6. The first kappa shape index (κ1) is 14.6. The summed E-state index contributed by atoms with van der Waals surface area (Å²) in [6, 6.07) is 7.52. The molecule has 1 aliphatic rings. The van der Waals surface area contributed by atoms with Gasteiger partial charge in [0.15, 0.2) is 6.29 Å². The van der Waals surface area contributed by atoms with Crippen LogP contribution >= 0.6 is 11.6 Å². The summed E-state index contributed by atoms with van der Waals surface area (Å²) in [5, 5.41) is 0.700. The van der Waals surface area contributed by atoms with E-state index in [2.05, 4.69) is 4.90 Å². The molecule has 0 unspecified atom stereocenters. The van der Waals surface area contributed by atoms with Crippen LogP contribution in [0.25, 0.3) is 0 Å². The van der Waals surface area contributed by atoms with E-state index in [1.54, 1.807) is 14.2 Å². The summed E-state index contributed by atoms with van der Waals surface area (Å²) in [4.78, 5) is 2.28. The Morgan fingerprint density at radius 3 is 2.84 bits per heavy atom. The first-order valence-corrected chi connectivity index (χ1v) is 6.79. The summed E-state index contributed by atoms with van der Waals surface area (Å²) in [6.07, 6.45) is 1.03. The number of hydrogen-bond donors (Lipinski definition) is 0. The van der Waals surface area contributed by atoms with Crippen molar-refractivity contribution in [2.24, 2.45) is 0 Å². The monoisotopic (exact) mass is 285 g/mol. The van der Waals surface area contributed by atoms with Crippen LogP contribution in [0.5, 0.6) is 5.75 Å². The van der Waals surface area contributed by atoms with Crippen LogP contribution in [0.15, 0.2) is 24.3 Å². The Kier molecular flexibility index (Phi) is 5.45. The standard InChI is InChI=1S/C14H20ClNO3/c1-17-14(18-2)10-16-7-6-13(9-16)19-12-5-3-4-11(15)8-12/h3-5,8,13-14H,6-7,9-10H2,1-2H3/t13-/m1/s1. The minimum atomic E-state index is -0.176. The molecule has 0 amide bonds. The molecule has 0 radical (unpaired) electrons. The van der Waals surface area contributed by atoms with Gasteiger partial charge in [-0.05, 0) is 24.6 Å². The Morgan fingerprint density at radius 1 is 1.37 bits per heavy atom. The van der Waals surface area contributed by atoms with Gasteiger partial charge in [0.25, 0.3) is 0 Å². The van der Waals surface area contributed by atoms with Gasteiger partial charge in [0.05, 0.1) is 0 Å². The van der Waals surface area contributed by atoms with E-state index >= 15 is 0 Å². The predicted octanol–water partition coefficient (Wildman–Crippen LogP) is 2.41. The van der Waals surface area contributed by atoms with Crippen LogP contribution in [0.1, 0.15) is 6.42 Å². The highest BCUT2D eigenvalue weighted by Gasteiger charge is 2.26. The van der Waals surface area contributed by atoms with Crippen molar-refractivity contribution in [3.63, 3.8) is 0 Å². The molecule has 0 aliphatic carbocycles. The predicted molar refractivity (Wildman–Crippen MR) is 74.7 cm³/mol. The van der Waals surface area contributed by atoms with E-state index < -0.39 is 0 Å². The molecule has 0 aromatic heterocycles. The number of halogens is 1. The van der Waals surface area contributed by atoms with E-state index in [1.807, 2.05) is 24.3 Å². The highest BCUT2D eigenvalue weighted by atomic mass is 35.5. The summed E-state index contributed by atoms with van der Waals surface area (Å²) >= 11 is 5.94. The summed E-state index contributed by atoms with van der Waals surface area (Å²) < 4.78 is 16.3. The van der Waals surface area contributed by atoms with Crippen LogP contribution in [0, 0.1) is 0 Å². The minimum absolute atomic E-state index is 0.176. The Balaban J connectivity index is 1.82. The van der Waals surface area contributed by atoms with Crippen molar-refractivity contribution in [3.05, 3.63) is 29.3 Å². The maximum atomic E-state index is 5.94. The van der Waals surface area contributed by atoms with Crippen LogP contribution in [0.4, 0.5) is 0 Å². The van der Waals surface area contributed by atoms with Crippen molar-refractivity contribution < 1.29 is 14.2 Å². The van der Waals surface area contributed by atoms with Gasteiger partial charge in [-0.3, -0.25) is 4.90 Å². The van der Waals surface area contributed by atoms with Gasteiger partial charge in [0, 0.05) is 38.9 Å². The molecule has 0 bridgehead atoms. The topological polar surface area (TPSA) is 30.9 Å². The van der Waals surface area contributed by atoms with Crippen molar-refractivity contribution >= 4 is 11.6 Å². The van der Waals surface area contributed by atoms with Gasteiger partial charge in [0.2, 0.25) is 0 Å². The average molecular weight is 286 g/mol. The fraction of sp³-hybridized carbons (Fsp3) is 0.571. The summed E-state index contributed by atoms with van der Waals surface area (Å²) in [6.45, 7) is 2.65. The Labute approximate surface area is 119 Å². The molecule has 0 spiro atoms. The van der Waals surface area contributed by atoms with Crippen molar-refractivity contribution in [2.45, 2.75) is 18.8 Å². The summed E-state index contributed by atoms with van der Waals surface area (Å²) in [5.74, 6) is 0.828. The lowest BCUT2D eigenvalue weighted by Crippen LogP contribution is -2.34. The zero-order chi connectivity index (χ0) is 13.7. The van der Waals surface area contributed by atoms with Crippen molar-refractivity contribution in [1.82, 2.24) is 4.90 Å². The third-order valence-corrected chi connectivity index (χ3v) is 3.50. The summed E-state index contributed by atoms with van der Waals surface area (Å²) in [5.41, 5.74) is 0. The molecular formula is C14H20ClNO3. The Bertz CT molecular complexity index is 398. The first-order chi connectivity index (χ1) is 9.21. The second-order valence-corrected chi connectivity index (χ2v) is 5.08. The van der Waals surface area contributed by atoms with Gasteiger partial charge in [-0.25, -0.2) is 0 Å². The van der Waals surface area contributed by atoms with E-state index in [1.165, 1.54) is 0 Å². The lowest BCUT2D eigenvalue weighted by molar-refractivity contribution is -0.114. The van der Waals surface area contributed by atoms with Gasteiger partial charge in [0.1, 0.15) is 11.9 Å². The quantitative estimate of drug-likeness (QED) is 0.751. The fourth-order valence-electron chi connectivity index (χ4n) is 2.25. The Hall–Kier alpha value is -0.810. The highest BCUT2D eigenvalue weighted by molar-refractivity contribution is 6.30. The maximum absolute atomic E-state index is 5.94. The second kappa shape index (κ2) is 7.10. The molecule has 1 heterocycles. The number of ether oxygens (including phenoxy) is 3. The van der Waals surface area contributed by atoms with Crippen LogP contribution in [-0.4, -0.2) is 51.1 Å². The zero-order valence-corrected chi connectivity index (χ0v) is 12.1. The molecule has 1 saturated heterocycles. The van der Waals surface area contributed by atoms with Crippen molar-refractivity contribution in [3.8, 4) is 5.75 Å². The van der Waals surface area contributed by atoms with Crippen LogP contribution < -0.4 is 4.74 Å². The molecule has 106 valence electrons. The zero-order valence-electron chi connectivity index (χ0n) is 11.3. The molecule has 2 rings (SSSR count). The average Bonchev–Trinajstić information content (AvgIpc) is 2.83. The van der Waals surface area contributed by atoms with E-state index in [-0.39, 0.29) is 12.4 Å². The van der Waals surface area contributed by atoms with E-state index in [0.29, 0.717) is 5.02 Å². The third-order valence-electron chi connectivity index (χ3n) is 3.26. The lowest BCUT2D eigenvalue weighted by Gasteiger charge is -2.21. The number of hydrogen-bond acceptors (Lipinski definition) is 4. The van der Waals surface area contributed by atoms with Gasteiger partial charge < -0.3 is 14.2 Å². The number of likely N-dealkylation sites (tertiary alicyclic amines) is 1. The Morgan fingerprint density at radius 2 is 2.16 bits per heavy atom. The molecule has 1 aliphatic heterocycles. The van der Waals surface area contributed by atoms with E-state index in [4.69, 9.17) is 25.8 Å². The fourth-order valence-corrected chi connectivity index (χ4v) is 2.43. The maximum Gasteiger partial charge on any atom is 0.169 e. The summed E-state index contributed by atoms with van der Waals surface area (Å²) in [7, 11) is 3.31. The van der Waals surface area contributed by atoms with Gasteiger partial charge in [-0.15, -0.1) is 0 Å². The normalized spacial score (nSPS) is 20.1. The van der Waals surface area contributed by atoms with Crippen LogP contribution in [-0.2, 0) is 9.47 Å². The molecule has 1 aromatic carbocycles.